The molecule has 1 aliphatic heterocycles. The summed E-state index contributed by atoms with van der Waals surface area (Å²) in [5, 5.41) is 7.80. The maximum absolute atomic E-state index is 12.7. The zero-order valence-electron chi connectivity index (χ0n) is 17.9. The molecule has 5 heteroatoms. The van der Waals surface area contributed by atoms with Gasteiger partial charge in [-0.1, -0.05) is 48.5 Å². The third kappa shape index (κ3) is 4.68. The van der Waals surface area contributed by atoms with E-state index in [4.69, 9.17) is 4.74 Å². The molecule has 1 aliphatic rings. The first-order chi connectivity index (χ1) is 15.7. The molecular weight excluding hydrogens is 398 g/mol. The standard InChI is InChI=1S/C27H27N3O2/c31-26(29-22-9-5-2-6-10-22)17-19-15-21-18-24(20-7-3-1-4-8-20)30-27(21)25(16-19)28-23-11-13-32-14-12-23/h1-10,15-16,18,23,28,30H,11-14,17H2,(H,29,31). The lowest BCUT2D eigenvalue weighted by Crippen LogP contribution is -2.28. The van der Waals surface area contributed by atoms with E-state index in [-0.39, 0.29) is 5.91 Å². The summed E-state index contributed by atoms with van der Waals surface area (Å²) in [7, 11) is 0. The molecule has 0 aliphatic carbocycles. The molecule has 0 unspecified atom stereocenters. The number of hydrogen-bond donors (Lipinski definition) is 3. The number of fused-ring (bicyclic) bond motifs is 1. The zero-order chi connectivity index (χ0) is 21.8. The van der Waals surface area contributed by atoms with Gasteiger partial charge in [0.05, 0.1) is 17.6 Å². The summed E-state index contributed by atoms with van der Waals surface area (Å²) in [6.07, 6.45) is 2.28. The molecule has 0 radical (unpaired) electrons. The zero-order valence-corrected chi connectivity index (χ0v) is 17.9. The van der Waals surface area contributed by atoms with Crippen LogP contribution in [0.5, 0.6) is 0 Å². The molecule has 1 aromatic heterocycles. The number of ether oxygens (including phenoxy) is 1. The van der Waals surface area contributed by atoms with Crippen LogP contribution in [0.15, 0.2) is 78.9 Å². The SMILES string of the molecule is O=C(Cc1cc(NC2CCOCC2)c2[nH]c(-c3ccccc3)cc2c1)Nc1ccccc1. The van der Waals surface area contributed by atoms with Gasteiger partial charge in [-0.2, -0.15) is 0 Å². The maximum Gasteiger partial charge on any atom is 0.228 e. The Balaban J connectivity index is 1.46. The smallest absolute Gasteiger partial charge is 0.228 e. The van der Waals surface area contributed by atoms with Gasteiger partial charge in [0.1, 0.15) is 0 Å². The van der Waals surface area contributed by atoms with Gasteiger partial charge in [0.15, 0.2) is 0 Å². The number of aromatic nitrogens is 1. The van der Waals surface area contributed by atoms with Gasteiger partial charge < -0.3 is 20.4 Å². The van der Waals surface area contributed by atoms with E-state index in [2.05, 4.69) is 45.9 Å². The summed E-state index contributed by atoms with van der Waals surface area (Å²) in [5.74, 6) is -0.0219. The highest BCUT2D eigenvalue weighted by Crippen LogP contribution is 2.31. The summed E-state index contributed by atoms with van der Waals surface area (Å²) in [5.41, 5.74) is 6.12. The van der Waals surface area contributed by atoms with Crippen LogP contribution >= 0.6 is 0 Å². The third-order valence-corrected chi connectivity index (χ3v) is 5.88. The van der Waals surface area contributed by atoms with Crippen molar-refractivity contribution in [3.8, 4) is 11.3 Å². The number of carbonyl (C=O) groups excluding carboxylic acids is 1. The Morgan fingerprint density at radius 1 is 0.938 bits per heavy atom. The Morgan fingerprint density at radius 2 is 1.66 bits per heavy atom. The van der Waals surface area contributed by atoms with Crippen LogP contribution in [0.25, 0.3) is 22.2 Å². The number of H-pyrrole nitrogens is 1. The maximum atomic E-state index is 12.7. The predicted octanol–water partition coefficient (Wildman–Crippen LogP) is 5.61. The van der Waals surface area contributed by atoms with E-state index in [9.17, 15) is 4.79 Å². The Morgan fingerprint density at radius 3 is 2.41 bits per heavy atom. The minimum absolute atomic E-state index is 0.0219. The second kappa shape index (κ2) is 9.28. The van der Waals surface area contributed by atoms with Crippen molar-refractivity contribution in [1.29, 1.82) is 0 Å². The van der Waals surface area contributed by atoms with Gasteiger partial charge in [0.2, 0.25) is 5.91 Å². The lowest BCUT2D eigenvalue weighted by Gasteiger charge is -2.24. The summed E-state index contributed by atoms with van der Waals surface area (Å²) < 4.78 is 5.52. The summed E-state index contributed by atoms with van der Waals surface area (Å²) in [4.78, 5) is 16.3. The van der Waals surface area contributed by atoms with Gasteiger partial charge in [-0.05, 0) is 54.3 Å². The highest BCUT2D eigenvalue weighted by atomic mass is 16.5. The molecule has 32 heavy (non-hydrogen) atoms. The first kappa shape index (κ1) is 20.3. The van der Waals surface area contributed by atoms with Crippen molar-refractivity contribution in [3.05, 3.63) is 84.4 Å². The van der Waals surface area contributed by atoms with E-state index in [1.807, 2.05) is 48.5 Å². The molecule has 5 rings (SSSR count). The number of para-hydroxylation sites is 1. The van der Waals surface area contributed by atoms with Crippen LogP contribution in [0.1, 0.15) is 18.4 Å². The van der Waals surface area contributed by atoms with Gasteiger partial charge in [0.25, 0.3) is 0 Å². The topological polar surface area (TPSA) is 66.1 Å². The van der Waals surface area contributed by atoms with E-state index in [0.717, 1.165) is 65.2 Å². The Kier molecular flexibility index (Phi) is 5.90. The fourth-order valence-corrected chi connectivity index (χ4v) is 4.27. The molecule has 0 saturated carbocycles. The van der Waals surface area contributed by atoms with Crippen LogP contribution in [-0.4, -0.2) is 30.1 Å². The van der Waals surface area contributed by atoms with Crippen molar-refractivity contribution in [2.45, 2.75) is 25.3 Å². The molecule has 0 atom stereocenters. The highest BCUT2D eigenvalue weighted by Gasteiger charge is 2.17. The Bertz CT molecular complexity index is 1200. The van der Waals surface area contributed by atoms with E-state index in [0.29, 0.717) is 12.5 Å². The van der Waals surface area contributed by atoms with Crippen molar-refractivity contribution in [2.24, 2.45) is 0 Å². The fourth-order valence-electron chi connectivity index (χ4n) is 4.27. The number of carbonyl (C=O) groups is 1. The van der Waals surface area contributed by atoms with E-state index < -0.39 is 0 Å². The fraction of sp³-hybridized carbons (Fsp3) is 0.222. The molecule has 3 aromatic carbocycles. The lowest BCUT2D eigenvalue weighted by molar-refractivity contribution is -0.115. The van der Waals surface area contributed by atoms with Crippen LogP contribution in [0.3, 0.4) is 0 Å². The van der Waals surface area contributed by atoms with Gasteiger partial charge >= 0.3 is 0 Å². The van der Waals surface area contributed by atoms with Crippen LogP contribution in [0.4, 0.5) is 11.4 Å². The molecule has 0 bridgehead atoms. The molecule has 2 heterocycles. The number of amides is 1. The highest BCUT2D eigenvalue weighted by molar-refractivity contribution is 5.98. The molecule has 1 fully saturated rings. The number of aromatic amines is 1. The van der Waals surface area contributed by atoms with Gasteiger partial charge in [-0.25, -0.2) is 0 Å². The summed E-state index contributed by atoms with van der Waals surface area (Å²) >= 11 is 0. The minimum Gasteiger partial charge on any atom is -0.381 e. The van der Waals surface area contributed by atoms with Crippen LogP contribution in [-0.2, 0) is 16.0 Å². The van der Waals surface area contributed by atoms with Gasteiger partial charge in [-0.15, -0.1) is 0 Å². The van der Waals surface area contributed by atoms with Crippen LogP contribution in [0.2, 0.25) is 0 Å². The summed E-state index contributed by atoms with van der Waals surface area (Å²) in [6.45, 7) is 1.56. The first-order valence-electron chi connectivity index (χ1n) is 11.1. The number of anilines is 2. The molecule has 1 amide bonds. The molecular formula is C27H27N3O2. The number of nitrogens with one attached hydrogen (secondary N) is 3. The average molecular weight is 426 g/mol. The third-order valence-electron chi connectivity index (χ3n) is 5.88. The van der Waals surface area contributed by atoms with E-state index in [1.165, 1.54) is 0 Å². The molecule has 5 nitrogen and oxygen atoms in total. The molecule has 1 saturated heterocycles. The van der Waals surface area contributed by atoms with Crippen molar-refractivity contribution in [3.63, 3.8) is 0 Å². The van der Waals surface area contributed by atoms with Crippen LogP contribution in [0, 0.1) is 0 Å². The molecule has 3 N–H and O–H groups in total. The van der Waals surface area contributed by atoms with Crippen molar-refractivity contribution in [1.82, 2.24) is 4.98 Å². The minimum atomic E-state index is -0.0219. The normalized spacial score (nSPS) is 14.4. The Hall–Kier alpha value is -3.57. The van der Waals surface area contributed by atoms with Gasteiger partial charge in [-0.3, -0.25) is 4.79 Å². The number of rotatable bonds is 6. The number of hydrogen-bond acceptors (Lipinski definition) is 3. The van der Waals surface area contributed by atoms with Crippen molar-refractivity contribution < 1.29 is 9.53 Å². The van der Waals surface area contributed by atoms with Crippen LogP contribution < -0.4 is 10.6 Å². The predicted molar refractivity (Wildman–Crippen MR) is 130 cm³/mol. The first-order valence-corrected chi connectivity index (χ1v) is 11.1. The summed E-state index contributed by atoms with van der Waals surface area (Å²) in [6, 6.07) is 26.6. The lowest BCUT2D eigenvalue weighted by atomic mass is 10.0. The second-order valence-electron chi connectivity index (χ2n) is 8.28. The van der Waals surface area contributed by atoms with E-state index >= 15 is 0 Å². The van der Waals surface area contributed by atoms with Crippen molar-refractivity contribution in [2.75, 3.05) is 23.8 Å². The quantitative estimate of drug-likeness (QED) is 0.376. The Labute approximate surface area is 187 Å². The van der Waals surface area contributed by atoms with E-state index in [1.54, 1.807) is 0 Å². The second-order valence-corrected chi connectivity index (χ2v) is 8.28. The number of benzene rings is 3. The molecule has 4 aromatic rings. The molecule has 0 spiro atoms. The monoisotopic (exact) mass is 425 g/mol. The van der Waals surface area contributed by atoms with Gasteiger partial charge in [0, 0.05) is 36.0 Å². The van der Waals surface area contributed by atoms with Crippen molar-refractivity contribution >= 4 is 28.2 Å². The molecule has 162 valence electrons. The average Bonchev–Trinajstić information content (AvgIpc) is 3.25. The largest absolute Gasteiger partial charge is 0.381 e.